The number of methoxy groups -OCH3 is 1. The van der Waals surface area contributed by atoms with Gasteiger partial charge in [0.2, 0.25) is 5.91 Å². The zero-order valence-electron chi connectivity index (χ0n) is 19.1. The Hall–Kier alpha value is -3.58. The average Bonchev–Trinajstić information content (AvgIpc) is 2.88. The number of nitrogens with one attached hydrogen (secondary N) is 1. The minimum Gasteiger partial charge on any atom is -0.497 e. The highest BCUT2D eigenvalue weighted by atomic mass is 32.2. The van der Waals surface area contributed by atoms with Crippen LogP contribution in [0.1, 0.15) is 17.5 Å². The quantitative estimate of drug-likeness (QED) is 0.211. The second-order valence-corrected chi connectivity index (χ2v) is 8.82. The molecule has 4 rings (SSSR count). The van der Waals surface area contributed by atoms with E-state index in [4.69, 9.17) is 9.72 Å². The fourth-order valence-corrected chi connectivity index (χ4v) is 4.49. The lowest BCUT2D eigenvalue weighted by atomic mass is 10.1. The molecular weight excluding hydrogens is 446 g/mol. The molecule has 0 unspecified atom stereocenters. The van der Waals surface area contributed by atoms with Crippen LogP contribution in [0.15, 0.2) is 88.8 Å². The summed E-state index contributed by atoms with van der Waals surface area (Å²) in [6.07, 6.45) is 1.79. The average molecular weight is 474 g/mol. The van der Waals surface area contributed by atoms with E-state index in [0.29, 0.717) is 29.1 Å². The Morgan fingerprint density at radius 3 is 2.47 bits per heavy atom. The van der Waals surface area contributed by atoms with Gasteiger partial charge in [0.15, 0.2) is 5.16 Å². The summed E-state index contributed by atoms with van der Waals surface area (Å²) in [5.41, 5.74) is 2.72. The number of thioether (sulfide) groups is 1. The summed E-state index contributed by atoms with van der Waals surface area (Å²) in [6, 6.07) is 25.1. The summed E-state index contributed by atoms with van der Waals surface area (Å²) in [5.74, 6) is 0.876. The third-order valence-electron chi connectivity index (χ3n) is 5.47. The molecule has 6 nitrogen and oxygen atoms in total. The summed E-state index contributed by atoms with van der Waals surface area (Å²) in [4.78, 5) is 30.4. The maximum atomic E-state index is 13.3. The minimum atomic E-state index is -0.118. The highest BCUT2D eigenvalue weighted by Gasteiger charge is 2.14. The molecule has 174 valence electrons. The molecule has 0 saturated heterocycles. The Morgan fingerprint density at radius 1 is 0.971 bits per heavy atom. The van der Waals surface area contributed by atoms with Gasteiger partial charge in [0, 0.05) is 6.54 Å². The van der Waals surface area contributed by atoms with Gasteiger partial charge in [0.1, 0.15) is 5.75 Å². The summed E-state index contributed by atoms with van der Waals surface area (Å²) >= 11 is 1.28. The van der Waals surface area contributed by atoms with Crippen molar-refractivity contribution in [3.8, 4) is 5.75 Å². The van der Waals surface area contributed by atoms with Crippen LogP contribution in [-0.4, -0.2) is 34.9 Å². The van der Waals surface area contributed by atoms with Crippen molar-refractivity contribution < 1.29 is 9.53 Å². The number of carbonyl (C=O) groups is 1. The monoisotopic (exact) mass is 473 g/mol. The molecule has 1 amide bonds. The first-order chi connectivity index (χ1) is 16.6. The zero-order valence-corrected chi connectivity index (χ0v) is 19.9. The van der Waals surface area contributed by atoms with Crippen LogP contribution in [0.2, 0.25) is 0 Å². The van der Waals surface area contributed by atoms with E-state index in [1.54, 1.807) is 17.7 Å². The predicted octanol–water partition coefficient (Wildman–Crippen LogP) is 4.29. The number of benzene rings is 3. The van der Waals surface area contributed by atoms with Gasteiger partial charge < -0.3 is 10.1 Å². The van der Waals surface area contributed by atoms with Crippen molar-refractivity contribution in [3.05, 3.63) is 100 Å². The number of rotatable bonds is 10. The lowest BCUT2D eigenvalue weighted by molar-refractivity contribution is -0.118. The van der Waals surface area contributed by atoms with Crippen molar-refractivity contribution in [1.29, 1.82) is 0 Å². The molecule has 7 heteroatoms. The lowest BCUT2D eigenvalue weighted by Gasteiger charge is -2.13. The zero-order chi connectivity index (χ0) is 23.8. The topological polar surface area (TPSA) is 73.2 Å². The number of amides is 1. The van der Waals surface area contributed by atoms with Crippen LogP contribution >= 0.6 is 11.8 Å². The van der Waals surface area contributed by atoms with Gasteiger partial charge in [-0.2, -0.15) is 0 Å². The molecule has 34 heavy (non-hydrogen) atoms. The van der Waals surface area contributed by atoms with Crippen LogP contribution in [0.4, 0.5) is 0 Å². The standard InChI is InChI=1S/C27H27N3O3S/c1-33-22-15-13-21(14-16-22)18-30-26(32)23-11-5-6-12-24(23)29-27(30)34-19-25(31)28-17-7-10-20-8-3-2-4-9-20/h2-6,8-9,11-16H,7,10,17-19H2,1H3,(H,28,31). The summed E-state index contributed by atoms with van der Waals surface area (Å²) in [5, 5.41) is 4.06. The van der Waals surface area contributed by atoms with E-state index in [1.165, 1.54) is 17.3 Å². The number of fused-ring (bicyclic) bond motifs is 1. The lowest BCUT2D eigenvalue weighted by Crippen LogP contribution is -2.28. The van der Waals surface area contributed by atoms with Gasteiger partial charge in [-0.25, -0.2) is 4.98 Å². The van der Waals surface area contributed by atoms with Gasteiger partial charge in [-0.15, -0.1) is 0 Å². The van der Waals surface area contributed by atoms with Crippen molar-refractivity contribution in [2.75, 3.05) is 19.4 Å². The van der Waals surface area contributed by atoms with Crippen LogP contribution in [0.25, 0.3) is 10.9 Å². The van der Waals surface area contributed by atoms with Gasteiger partial charge >= 0.3 is 0 Å². The van der Waals surface area contributed by atoms with Gasteiger partial charge in [0.05, 0.1) is 30.3 Å². The molecule has 0 spiro atoms. The second-order valence-electron chi connectivity index (χ2n) is 7.88. The number of ether oxygens (including phenoxy) is 1. The highest BCUT2D eigenvalue weighted by molar-refractivity contribution is 7.99. The normalized spacial score (nSPS) is 10.9. The van der Waals surface area contributed by atoms with Crippen molar-refractivity contribution >= 4 is 28.6 Å². The highest BCUT2D eigenvalue weighted by Crippen LogP contribution is 2.20. The Kier molecular flexibility index (Phi) is 7.99. The second kappa shape index (κ2) is 11.5. The van der Waals surface area contributed by atoms with E-state index < -0.39 is 0 Å². The Balaban J connectivity index is 1.44. The first-order valence-corrected chi connectivity index (χ1v) is 12.2. The molecule has 0 aliphatic carbocycles. The number of carbonyl (C=O) groups excluding carboxylic acids is 1. The number of aromatic nitrogens is 2. The molecular formula is C27H27N3O3S. The fourth-order valence-electron chi connectivity index (χ4n) is 3.66. The fraction of sp³-hybridized carbons (Fsp3) is 0.222. The number of aryl methyl sites for hydroxylation is 1. The maximum absolute atomic E-state index is 13.3. The molecule has 1 heterocycles. The van der Waals surface area contributed by atoms with E-state index in [9.17, 15) is 9.59 Å². The summed E-state index contributed by atoms with van der Waals surface area (Å²) < 4.78 is 6.86. The molecule has 0 atom stereocenters. The molecule has 0 aliphatic rings. The van der Waals surface area contributed by atoms with E-state index in [1.807, 2.05) is 60.7 Å². The number of hydrogen-bond donors (Lipinski definition) is 1. The SMILES string of the molecule is COc1ccc(Cn2c(SCC(=O)NCCCc3ccccc3)nc3ccccc3c2=O)cc1. The number of hydrogen-bond acceptors (Lipinski definition) is 5. The van der Waals surface area contributed by atoms with Gasteiger partial charge in [0.25, 0.3) is 5.56 Å². The molecule has 1 N–H and O–H groups in total. The molecule has 0 radical (unpaired) electrons. The van der Waals surface area contributed by atoms with E-state index in [-0.39, 0.29) is 17.2 Å². The van der Waals surface area contributed by atoms with Crippen LogP contribution in [0.5, 0.6) is 5.75 Å². The smallest absolute Gasteiger partial charge is 0.262 e. The summed E-state index contributed by atoms with van der Waals surface area (Å²) in [7, 11) is 1.62. The third-order valence-corrected chi connectivity index (χ3v) is 6.44. The molecule has 1 aromatic heterocycles. The molecule has 4 aromatic rings. The van der Waals surface area contributed by atoms with Crippen molar-refractivity contribution in [2.45, 2.75) is 24.5 Å². The van der Waals surface area contributed by atoms with Gasteiger partial charge in [-0.1, -0.05) is 66.4 Å². The van der Waals surface area contributed by atoms with Crippen molar-refractivity contribution in [1.82, 2.24) is 14.9 Å². The molecule has 3 aromatic carbocycles. The third kappa shape index (κ3) is 6.05. The Morgan fingerprint density at radius 2 is 1.71 bits per heavy atom. The first kappa shape index (κ1) is 23.6. The molecule has 0 aliphatic heterocycles. The largest absolute Gasteiger partial charge is 0.497 e. The number of para-hydroxylation sites is 1. The van der Waals surface area contributed by atoms with Crippen LogP contribution in [0, 0.1) is 0 Å². The van der Waals surface area contributed by atoms with Gasteiger partial charge in [-0.3, -0.25) is 14.2 Å². The first-order valence-electron chi connectivity index (χ1n) is 11.2. The van der Waals surface area contributed by atoms with Crippen LogP contribution < -0.4 is 15.6 Å². The maximum Gasteiger partial charge on any atom is 0.262 e. The van der Waals surface area contributed by atoms with E-state index in [2.05, 4.69) is 17.4 Å². The van der Waals surface area contributed by atoms with E-state index in [0.717, 1.165) is 24.2 Å². The Labute approximate surface area is 203 Å². The summed E-state index contributed by atoms with van der Waals surface area (Å²) in [6.45, 7) is 0.972. The van der Waals surface area contributed by atoms with Crippen LogP contribution in [-0.2, 0) is 17.8 Å². The van der Waals surface area contributed by atoms with Crippen LogP contribution in [0.3, 0.4) is 0 Å². The van der Waals surface area contributed by atoms with Crippen molar-refractivity contribution in [3.63, 3.8) is 0 Å². The number of nitrogens with zero attached hydrogens (tertiary/aromatic N) is 2. The molecule has 0 saturated carbocycles. The predicted molar refractivity (Wildman–Crippen MR) is 137 cm³/mol. The van der Waals surface area contributed by atoms with Gasteiger partial charge in [-0.05, 0) is 48.2 Å². The minimum absolute atomic E-state index is 0.0727. The molecule has 0 fully saturated rings. The van der Waals surface area contributed by atoms with Crippen molar-refractivity contribution in [2.24, 2.45) is 0 Å². The van der Waals surface area contributed by atoms with E-state index >= 15 is 0 Å². The molecule has 0 bridgehead atoms. The Bertz CT molecular complexity index is 1300.